The van der Waals surface area contributed by atoms with E-state index in [0.29, 0.717) is 16.8 Å². The summed E-state index contributed by atoms with van der Waals surface area (Å²) in [5.41, 5.74) is 1.58. The summed E-state index contributed by atoms with van der Waals surface area (Å²) in [7, 11) is 0. The maximum atomic E-state index is 12.5. The van der Waals surface area contributed by atoms with Crippen LogP contribution < -0.4 is 10.6 Å². The molecule has 2 N–H and O–H groups in total. The van der Waals surface area contributed by atoms with Crippen LogP contribution in [0.3, 0.4) is 0 Å². The summed E-state index contributed by atoms with van der Waals surface area (Å²) in [5.74, 6) is -0.550. The lowest BCUT2D eigenvalue weighted by molar-refractivity contribution is -0.123. The van der Waals surface area contributed by atoms with Crippen LogP contribution in [0.4, 0.5) is 13.2 Å². The molecule has 1 amide bonds. The third-order valence-corrected chi connectivity index (χ3v) is 4.57. The first-order valence-corrected chi connectivity index (χ1v) is 8.31. The maximum Gasteiger partial charge on any atom is 0.405 e. The van der Waals surface area contributed by atoms with Gasteiger partial charge in [0, 0.05) is 11.6 Å². The van der Waals surface area contributed by atoms with Gasteiger partial charge in [0.1, 0.15) is 12.2 Å². The number of amides is 1. The minimum atomic E-state index is -4.47. The topological polar surface area (TPSA) is 80.1 Å². The van der Waals surface area contributed by atoms with E-state index in [-0.39, 0.29) is 23.2 Å². The fourth-order valence-electron chi connectivity index (χ4n) is 3.19. The molecule has 9 heteroatoms. The lowest BCUT2D eigenvalue weighted by atomic mass is 10.0. The molecule has 2 aromatic rings. The molecule has 3 heterocycles. The second kappa shape index (κ2) is 5.98. The number of alkyl halides is 3. The van der Waals surface area contributed by atoms with Crippen molar-refractivity contribution in [3.8, 4) is 0 Å². The minimum absolute atomic E-state index is 0.0796. The zero-order valence-corrected chi connectivity index (χ0v) is 13.3. The molecule has 0 aromatic carbocycles. The van der Waals surface area contributed by atoms with Gasteiger partial charge >= 0.3 is 6.18 Å². The molecule has 2 aromatic heterocycles. The fourth-order valence-corrected chi connectivity index (χ4v) is 3.19. The molecular weight excluding hydrogens is 337 g/mol. The van der Waals surface area contributed by atoms with Crippen molar-refractivity contribution >= 4 is 17.0 Å². The fraction of sp³-hybridized carbons (Fsp3) is 0.562. The summed E-state index contributed by atoms with van der Waals surface area (Å²) in [6.07, 6.45) is -0.774. The van der Waals surface area contributed by atoms with Crippen LogP contribution in [0.25, 0.3) is 11.1 Å². The molecule has 1 saturated heterocycles. The van der Waals surface area contributed by atoms with E-state index >= 15 is 0 Å². The van der Waals surface area contributed by atoms with Gasteiger partial charge in [-0.05, 0) is 38.3 Å². The van der Waals surface area contributed by atoms with Crippen LogP contribution in [0.15, 0.2) is 10.6 Å². The largest absolute Gasteiger partial charge is 0.405 e. The Bertz CT molecular complexity index is 808. The van der Waals surface area contributed by atoms with E-state index in [1.807, 2.05) is 5.32 Å². The molecule has 0 bridgehead atoms. The van der Waals surface area contributed by atoms with E-state index in [0.717, 1.165) is 32.2 Å². The number of hydrogen-bond donors (Lipinski definition) is 2. The van der Waals surface area contributed by atoms with Gasteiger partial charge < -0.3 is 15.2 Å². The van der Waals surface area contributed by atoms with E-state index in [9.17, 15) is 18.0 Å². The highest BCUT2D eigenvalue weighted by Gasteiger charge is 2.33. The van der Waals surface area contributed by atoms with Gasteiger partial charge in [-0.1, -0.05) is 5.16 Å². The van der Waals surface area contributed by atoms with E-state index in [1.165, 1.54) is 0 Å². The van der Waals surface area contributed by atoms with Crippen molar-refractivity contribution in [2.45, 2.75) is 43.8 Å². The van der Waals surface area contributed by atoms with Gasteiger partial charge in [0.15, 0.2) is 0 Å². The zero-order valence-electron chi connectivity index (χ0n) is 13.3. The van der Waals surface area contributed by atoms with Gasteiger partial charge in [-0.25, -0.2) is 4.98 Å². The quantitative estimate of drug-likeness (QED) is 0.883. The van der Waals surface area contributed by atoms with Crippen LogP contribution in [0.5, 0.6) is 0 Å². The van der Waals surface area contributed by atoms with E-state index < -0.39 is 18.6 Å². The third-order valence-electron chi connectivity index (χ3n) is 4.57. The smallest absolute Gasteiger partial charge is 0.343 e. The molecule has 4 rings (SSSR count). The summed E-state index contributed by atoms with van der Waals surface area (Å²) >= 11 is 0. The molecule has 134 valence electrons. The van der Waals surface area contributed by atoms with Crippen molar-refractivity contribution in [3.63, 3.8) is 0 Å². The number of pyridine rings is 1. The molecule has 1 saturated carbocycles. The highest BCUT2D eigenvalue weighted by molar-refractivity contribution is 6.06. The van der Waals surface area contributed by atoms with Crippen LogP contribution in [-0.2, 0) is 0 Å². The molecule has 25 heavy (non-hydrogen) atoms. The van der Waals surface area contributed by atoms with Crippen molar-refractivity contribution in [2.75, 3.05) is 13.1 Å². The van der Waals surface area contributed by atoms with E-state index in [1.54, 1.807) is 6.07 Å². The van der Waals surface area contributed by atoms with Crippen LogP contribution in [0.2, 0.25) is 0 Å². The van der Waals surface area contributed by atoms with Crippen LogP contribution >= 0.6 is 0 Å². The molecule has 1 aliphatic carbocycles. The number of hydrogen-bond acceptors (Lipinski definition) is 5. The molecule has 2 aliphatic rings. The van der Waals surface area contributed by atoms with Gasteiger partial charge in [0.2, 0.25) is 0 Å². The third kappa shape index (κ3) is 3.33. The molecule has 2 fully saturated rings. The summed E-state index contributed by atoms with van der Waals surface area (Å²) in [6.45, 7) is -0.557. The molecule has 6 nitrogen and oxygen atoms in total. The second-order valence-electron chi connectivity index (χ2n) is 6.56. The Morgan fingerprint density at radius 1 is 1.36 bits per heavy atom. The predicted molar refractivity (Wildman–Crippen MR) is 82.1 cm³/mol. The van der Waals surface area contributed by atoms with Gasteiger partial charge in [0.25, 0.3) is 11.6 Å². The number of aromatic nitrogens is 2. The number of halogens is 3. The van der Waals surface area contributed by atoms with Crippen LogP contribution in [0.1, 0.15) is 59.4 Å². The minimum Gasteiger partial charge on any atom is -0.343 e. The number of carbonyl (C=O) groups excluding carboxylic acids is 1. The molecule has 0 spiro atoms. The highest BCUT2D eigenvalue weighted by atomic mass is 19.4. The molecular formula is C16H17F3N4O2. The van der Waals surface area contributed by atoms with Crippen molar-refractivity contribution in [1.82, 2.24) is 20.8 Å². The molecule has 1 aliphatic heterocycles. The normalized spacial score (nSPS) is 21.0. The zero-order chi connectivity index (χ0) is 17.6. The Labute approximate surface area is 141 Å². The van der Waals surface area contributed by atoms with Crippen LogP contribution in [-0.4, -0.2) is 35.3 Å². The van der Waals surface area contributed by atoms with Gasteiger partial charge in [-0.15, -0.1) is 0 Å². The first kappa shape index (κ1) is 16.3. The maximum absolute atomic E-state index is 12.5. The first-order valence-electron chi connectivity index (χ1n) is 8.31. The summed E-state index contributed by atoms with van der Waals surface area (Å²) in [6, 6.07) is 1.51. The number of carbonyl (C=O) groups is 1. The summed E-state index contributed by atoms with van der Waals surface area (Å²) < 4.78 is 42.7. The van der Waals surface area contributed by atoms with Crippen molar-refractivity contribution in [3.05, 3.63) is 23.0 Å². The highest BCUT2D eigenvalue weighted by Crippen LogP contribution is 2.41. The first-order chi connectivity index (χ1) is 11.9. The molecule has 0 radical (unpaired) electrons. The van der Waals surface area contributed by atoms with Crippen molar-refractivity contribution < 1.29 is 22.5 Å². The average molecular weight is 354 g/mol. The lowest BCUT2D eigenvalue weighted by Gasteiger charge is -2.11. The Balaban J connectivity index is 1.75. The molecule has 1 unspecified atom stereocenters. The Morgan fingerprint density at radius 2 is 2.16 bits per heavy atom. The van der Waals surface area contributed by atoms with E-state index in [2.05, 4.69) is 15.5 Å². The summed E-state index contributed by atoms with van der Waals surface area (Å²) in [4.78, 5) is 16.9. The monoisotopic (exact) mass is 354 g/mol. The van der Waals surface area contributed by atoms with Crippen LogP contribution in [0, 0.1) is 0 Å². The Hall–Kier alpha value is -2.16. The van der Waals surface area contributed by atoms with Crippen molar-refractivity contribution in [1.29, 1.82) is 0 Å². The Morgan fingerprint density at radius 3 is 2.80 bits per heavy atom. The number of nitrogens with one attached hydrogen (secondary N) is 2. The van der Waals surface area contributed by atoms with Gasteiger partial charge in [-0.2, -0.15) is 13.2 Å². The number of nitrogens with zero attached hydrogens (tertiary/aromatic N) is 2. The van der Waals surface area contributed by atoms with E-state index in [4.69, 9.17) is 4.52 Å². The predicted octanol–water partition coefficient (Wildman–Crippen LogP) is 2.82. The molecule has 1 atom stereocenters. The van der Waals surface area contributed by atoms with Gasteiger partial charge in [0.05, 0.1) is 17.0 Å². The Kier molecular flexibility index (Phi) is 3.90. The second-order valence-corrected chi connectivity index (χ2v) is 6.56. The lowest BCUT2D eigenvalue weighted by Crippen LogP contribution is -2.34. The summed E-state index contributed by atoms with van der Waals surface area (Å²) in [5, 5.41) is 9.66. The number of rotatable bonds is 4. The number of fused-ring (bicyclic) bond motifs is 1. The van der Waals surface area contributed by atoms with Gasteiger partial charge in [-0.3, -0.25) is 4.79 Å². The average Bonchev–Trinajstić information content (AvgIpc) is 3.10. The SMILES string of the molecule is O=C(NCC(F)(F)F)c1cc(C2CC2)nc2onc(C3CCCN3)c12. The standard InChI is InChI=1S/C16H17F3N4O2/c17-16(18,19)7-21-14(24)9-6-11(8-3-4-8)22-15-12(9)13(23-25-15)10-2-1-5-20-10/h6,8,10,20H,1-5,7H2,(H,21,24). The van der Waals surface area contributed by atoms with Crippen molar-refractivity contribution in [2.24, 2.45) is 0 Å².